The first-order chi connectivity index (χ1) is 4.77. The molecule has 0 saturated carbocycles. The van der Waals surface area contributed by atoms with Gasteiger partial charge in [0, 0.05) is 4.88 Å². The highest BCUT2D eigenvalue weighted by Crippen LogP contribution is 2.26. The van der Waals surface area contributed by atoms with E-state index in [0.717, 1.165) is 10.4 Å². The Bertz CT molecular complexity index is 200. The molecule has 4 heteroatoms. The first kappa shape index (κ1) is 8.01. The van der Waals surface area contributed by atoms with Crippen LogP contribution in [0.3, 0.4) is 0 Å². The van der Waals surface area contributed by atoms with E-state index < -0.39 is 0 Å². The van der Waals surface area contributed by atoms with Crippen LogP contribution in [0.5, 0.6) is 0 Å². The second kappa shape index (κ2) is 3.34. The van der Waals surface area contributed by atoms with Crippen LogP contribution in [0.4, 0.5) is 0 Å². The van der Waals surface area contributed by atoms with E-state index in [4.69, 9.17) is 21.8 Å². The maximum absolute atomic E-state index is 8.70. The zero-order chi connectivity index (χ0) is 7.56. The third-order valence-corrected chi connectivity index (χ3v) is 2.47. The molecule has 10 heavy (non-hydrogen) atoms. The number of aliphatic hydroxyl groups is 2. The third-order valence-electron chi connectivity index (χ3n) is 1.18. The summed E-state index contributed by atoms with van der Waals surface area (Å²) in [5, 5.41) is 17.4. The van der Waals surface area contributed by atoms with Gasteiger partial charge in [0.2, 0.25) is 0 Å². The van der Waals surface area contributed by atoms with E-state index in [1.165, 1.54) is 11.3 Å². The maximum atomic E-state index is 8.70. The zero-order valence-corrected chi connectivity index (χ0v) is 6.74. The fourth-order valence-electron chi connectivity index (χ4n) is 0.698. The highest BCUT2D eigenvalue weighted by Gasteiger charge is 2.04. The van der Waals surface area contributed by atoms with Crippen molar-refractivity contribution >= 4 is 22.9 Å². The predicted octanol–water partition coefficient (Wildman–Crippen LogP) is 1.39. The van der Waals surface area contributed by atoms with Crippen molar-refractivity contribution in [3.63, 3.8) is 0 Å². The number of hydrogen-bond acceptors (Lipinski definition) is 3. The average Bonchev–Trinajstić information content (AvgIpc) is 2.30. The van der Waals surface area contributed by atoms with E-state index in [-0.39, 0.29) is 13.2 Å². The Morgan fingerprint density at radius 3 is 2.50 bits per heavy atom. The lowest BCUT2D eigenvalue weighted by Crippen LogP contribution is -1.85. The molecule has 0 unspecified atom stereocenters. The summed E-state index contributed by atoms with van der Waals surface area (Å²) in [6.07, 6.45) is 0. The van der Waals surface area contributed by atoms with Gasteiger partial charge in [-0.15, -0.1) is 11.3 Å². The predicted molar refractivity (Wildman–Crippen MR) is 41.2 cm³/mol. The fraction of sp³-hybridized carbons (Fsp3) is 0.333. The number of thiophene rings is 1. The maximum Gasteiger partial charge on any atom is 0.0935 e. The Morgan fingerprint density at radius 1 is 1.40 bits per heavy atom. The molecule has 0 aromatic carbocycles. The van der Waals surface area contributed by atoms with Crippen molar-refractivity contribution in [3.05, 3.63) is 20.8 Å². The molecular formula is C6H7ClO2S. The largest absolute Gasteiger partial charge is 0.392 e. The van der Waals surface area contributed by atoms with Gasteiger partial charge < -0.3 is 10.2 Å². The Hall–Kier alpha value is -0.0900. The van der Waals surface area contributed by atoms with Crippen LogP contribution < -0.4 is 0 Å². The van der Waals surface area contributed by atoms with Crippen molar-refractivity contribution in [1.29, 1.82) is 0 Å². The molecule has 0 atom stereocenters. The number of aliphatic hydroxyl groups excluding tert-OH is 2. The van der Waals surface area contributed by atoms with Crippen LogP contribution in [0.15, 0.2) is 6.07 Å². The summed E-state index contributed by atoms with van der Waals surface area (Å²) in [5.74, 6) is 0. The van der Waals surface area contributed by atoms with Crippen LogP contribution >= 0.6 is 22.9 Å². The van der Waals surface area contributed by atoms with Crippen molar-refractivity contribution in [2.75, 3.05) is 0 Å². The van der Waals surface area contributed by atoms with Gasteiger partial charge >= 0.3 is 0 Å². The van der Waals surface area contributed by atoms with E-state index >= 15 is 0 Å². The minimum Gasteiger partial charge on any atom is -0.392 e. The topological polar surface area (TPSA) is 40.5 Å². The van der Waals surface area contributed by atoms with Crippen LogP contribution in [0, 0.1) is 0 Å². The van der Waals surface area contributed by atoms with Crippen LogP contribution in [-0.4, -0.2) is 10.2 Å². The molecule has 2 N–H and O–H groups in total. The van der Waals surface area contributed by atoms with Gasteiger partial charge in [0.05, 0.1) is 17.6 Å². The number of halogens is 1. The zero-order valence-electron chi connectivity index (χ0n) is 5.17. The summed E-state index contributed by atoms with van der Waals surface area (Å²) in [6.45, 7) is -0.105. The molecular weight excluding hydrogens is 172 g/mol. The van der Waals surface area contributed by atoms with Crippen LogP contribution in [0.25, 0.3) is 0 Å². The van der Waals surface area contributed by atoms with E-state index in [0.29, 0.717) is 4.34 Å². The van der Waals surface area contributed by atoms with Crippen LogP contribution in [0.2, 0.25) is 4.34 Å². The van der Waals surface area contributed by atoms with Crippen molar-refractivity contribution in [2.24, 2.45) is 0 Å². The summed E-state index contributed by atoms with van der Waals surface area (Å²) in [7, 11) is 0. The Labute approximate surface area is 67.7 Å². The lowest BCUT2D eigenvalue weighted by molar-refractivity contribution is 0.263. The smallest absolute Gasteiger partial charge is 0.0935 e. The van der Waals surface area contributed by atoms with Crippen molar-refractivity contribution in [3.8, 4) is 0 Å². The third kappa shape index (κ3) is 1.49. The summed E-state index contributed by atoms with van der Waals surface area (Å²) < 4.78 is 0.605. The quantitative estimate of drug-likeness (QED) is 0.719. The summed E-state index contributed by atoms with van der Waals surface area (Å²) in [6, 6.07) is 1.66. The molecule has 0 amide bonds. The van der Waals surface area contributed by atoms with Gasteiger partial charge in [-0.25, -0.2) is 0 Å². The Kier molecular flexibility index (Phi) is 2.68. The highest BCUT2D eigenvalue weighted by atomic mass is 35.5. The molecule has 0 aliphatic rings. The standard InChI is InChI=1S/C6H7ClO2S/c7-6-1-4(2-8)5(3-9)10-6/h1,8-9H,2-3H2. The summed E-state index contributed by atoms with van der Waals surface area (Å²) in [4.78, 5) is 0.743. The first-order valence-electron chi connectivity index (χ1n) is 2.76. The molecule has 0 aliphatic heterocycles. The van der Waals surface area contributed by atoms with E-state index in [2.05, 4.69) is 0 Å². The molecule has 0 saturated heterocycles. The molecule has 2 nitrogen and oxygen atoms in total. The van der Waals surface area contributed by atoms with Gasteiger partial charge in [-0.05, 0) is 11.6 Å². The average molecular weight is 179 g/mol. The second-order valence-corrected chi connectivity index (χ2v) is 3.58. The van der Waals surface area contributed by atoms with Gasteiger partial charge in [0.15, 0.2) is 0 Å². The normalized spacial score (nSPS) is 10.3. The molecule has 0 bridgehead atoms. The highest BCUT2D eigenvalue weighted by molar-refractivity contribution is 7.16. The van der Waals surface area contributed by atoms with Crippen molar-refractivity contribution < 1.29 is 10.2 Å². The molecule has 0 aliphatic carbocycles. The van der Waals surface area contributed by atoms with Crippen LogP contribution in [-0.2, 0) is 13.2 Å². The lowest BCUT2D eigenvalue weighted by atomic mass is 10.3. The van der Waals surface area contributed by atoms with Crippen LogP contribution in [0.1, 0.15) is 10.4 Å². The SMILES string of the molecule is OCc1cc(Cl)sc1CO. The van der Waals surface area contributed by atoms with Gasteiger partial charge in [-0.3, -0.25) is 0 Å². The van der Waals surface area contributed by atoms with Crippen molar-refractivity contribution in [1.82, 2.24) is 0 Å². The second-order valence-electron chi connectivity index (χ2n) is 1.82. The molecule has 1 aromatic rings. The van der Waals surface area contributed by atoms with E-state index in [1.54, 1.807) is 6.07 Å². The summed E-state index contributed by atoms with van der Waals surface area (Å²) >= 11 is 6.91. The number of hydrogen-bond donors (Lipinski definition) is 2. The van der Waals surface area contributed by atoms with Gasteiger partial charge in [-0.2, -0.15) is 0 Å². The monoisotopic (exact) mass is 178 g/mol. The Morgan fingerprint density at radius 2 is 2.10 bits per heavy atom. The van der Waals surface area contributed by atoms with E-state index in [9.17, 15) is 0 Å². The van der Waals surface area contributed by atoms with Gasteiger partial charge in [-0.1, -0.05) is 11.6 Å². The minimum absolute atomic E-state index is 0.0483. The number of rotatable bonds is 2. The Balaban J connectivity index is 2.96. The lowest BCUT2D eigenvalue weighted by Gasteiger charge is -1.91. The molecule has 1 heterocycles. The summed E-state index contributed by atoms with van der Waals surface area (Å²) in [5.41, 5.74) is 0.720. The molecule has 1 aromatic heterocycles. The molecule has 1 rings (SSSR count). The molecule has 0 radical (unpaired) electrons. The van der Waals surface area contributed by atoms with E-state index in [1.807, 2.05) is 0 Å². The molecule has 56 valence electrons. The minimum atomic E-state index is -0.0564. The molecule has 0 fully saturated rings. The first-order valence-corrected chi connectivity index (χ1v) is 3.96. The van der Waals surface area contributed by atoms with Crippen molar-refractivity contribution in [2.45, 2.75) is 13.2 Å². The van der Waals surface area contributed by atoms with Gasteiger partial charge in [0.25, 0.3) is 0 Å². The molecule has 0 spiro atoms. The fourth-order valence-corrected chi connectivity index (χ4v) is 1.86. The van der Waals surface area contributed by atoms with Gasteiger partial charge in [0.1, 0.15) is 0 Å².